The van der Waals surface area contributed by atoms with Gasteiger partial charge < -0.3 is 10.3 Å². The van der Waals surface area contributed by atoms with Crippen LogP contribution in [0.2, 0.25) is 5.02 Å². The highest BCUT2D eigenvalue weighted by Crippen LogP contribution is 2.16. The maximum absolute atomic E-state index is 12.1. The summed E-state index contributed by atoms with van der Waals surface area (Å²) in [6.45, 7) is 0. The number of hydrogen-bond donors (Lipinski definition) is 2. The smallest absolute Gasteiger partial charge is 0.255 e. The van der Waals surface area contributed by atoms with Crippen LogP contribution in [0, 0.1) is 0 Å². The van der Waals surface area contributed by atoms with E-state index in [1.54, 1.807) is 42.7 Å². The van der Waals surface area contributed by atoms with Gasteiger partial charge in [0.05, 0.1) is 17.4 Å². The molecule has 0 spiro atoms. The molecule has 0 fully saturated rings. The lowest BCUT2D eigenvalue weighted by Crippen LogP contribution is -2.11. The molecule has 0 radical (unpaired) electrons. The van der Waals surface area contributed by atoms with Crippen LogP contribution in [0.1, 0.15) is 10.4 Å². The van der Waals surface area contributed by atoms with Crippen LogP contribution in [0.15, 0.2) is 48.8 Å². The van der Waals surface area contributed by atoms with Gasteiger partial charge in [-0.3, -0.25) is 4.79 Å². The average molecular weight is 272 g/mol. The molecule has 0 unspecified atom stereocenters. The summed E-state index contributed by atoms with van der Waals surface area (Å²) >= 11 is 5.79. The second-order valence-electron chi connectivity index (χ2n) is 4.10. The van der Waals surface area contributed by atoms with E-state index in [2.05, 4.69) is 15.3 Å². The molecule has 4 nitrogen and oxygen atoms in total. The number of anilines is 1. The largest absolute Gasteiger partial charge is 0.345 e. The lowest BCUT2D eigenvalue weighted by molar-refractivity contribution is 0.102. The van der Waals surface area contributed by atoms with E-state index in [0.717, 1.165) is 11.0 Å². The lowest BCUT2D eigenvalue weighted by Gasteiger charge is -2.05. The van der Waals surface area contributed by atoms with Gasteiger partial charge in [0.25, 0.3) is 5.91 Å². The third kappa shape index (κ3) is 2.44. The molecule has 1 amide bonds. The van der Waals surface area contributed by atoms with Crippen LogP contribution in [-0.4, -0.2) is 15.9 Å². The van der Waals surface area contributed by atoms with E-state index in [1.807, 2.05) is 6.07 Å². The summed E-state index contributed by atoms with van der Waals surface area (Å²) in [5, 5.41) is 3.45. The Kier molecular flexibility index (Phi) is 2.93. The lowest BCUT2D eigenvalue weighted by atomic mass is 10.2. The Hall–Kier alpha value is -2.33. The summed E-state index contributed by atoms with van der Waals surface area (Å²) in [6.07, 6.45) is 1.60. The van der Waals surface area contributed by atoms with Gasteiger partial charge in [-0.15, -0.1) is 0 Å². The van der Waals surface area contributed by atoms with Crippen molar-refractivity contribution in [2.45, 2.75) is 0 Å². The highest BCUT2D eigenvalue weighted by atomic mass is 35.5. The molecule has 0 aliphatic rings. The molecule has 94 valence electrons. The van der Waals surface area contributed by atoms with Crippen LogP contribution in [0.5, 0.6) is 0 Å². The monoisotopic (exact) mass is 271 g/mol. The number of nitrogens with one attached hydrogen (secondary N) is 2. The summed E-state index contributed by atoms with van der Waals surface area (Å²) in [5.41, 5.74) is 2.96. The predicted octanol–water partition coefficient (Wildman–Crippen LogP) is 3.47. The van der Waals surface area contributed by atoms with E-state index in [-0.39, 0.29) is 5.91 Å². The van der Waals surface area contributed by atoms with Gasteiger partial charge in [-0.1, -0.05) is 11.6 Å². The van der Waals surface area contributed by atoms with Gasteiger partial charge in [0.15, 0.2) is 0 Å². The third-order valence-corrected chi connectivity index (χ3v) is 3.04. The first-order valence-corrected chi connectivity index (χ1v) is 6.10. The predicted molar refractivity (Wildman–Crippen MR) is 75.5 cm³/mol. The number of aromatic amines is 1. The number of benzene rings is 2. The van der Waals surface area contributed by atoms with Gasteiger partial charge in [-0.25, -0.2) is 4.98 Å². The number of rotatable bonds is 2. The van der Waals surface area contributed by atoms with Crippen molar-refractivity contribution in [2.24, 2.45) is 0 Å². The Labute approximate surface area is 114 Å². The molecule has 3 rings (SSSR count). The van der Waals surface area contributed by atoms with E-state index in [0.29, 0.717) is 16.3 Å². The maximum atomic E-state index is 12.1. The minimum Gasteiger partial charge on any atom is -0.345 e. The number of aromatic nitrogens is 2. The molecule has 0 atom stereocenters. The number of nitrogens with zero attached hydrogens (tertiary/aromatic N) is 1. The molecule has 0 saturated carbocycles. The Morgan fingerprint density at radius 2 is 1.95 bits per heavy atom. The van der Waals surface area contributed by atoms with Gasteiger partial charge in [-0.2, -0.15) is 0 Å². The van der Waals surface area contributed by atoms with Crippen LogP contribution >= 0.6 is 11.6 Å². The molecule has 0 bridgehead atoms. The van der Waals surface area contributed by atoms with Crippen molar-refractivity contribution < 1.29 is 4.79 Å². The number of carbonyl (C=O) groups is 1. The van der Waals surface area contributed by atoms with Crippen molar-refractivity contribution in [3.8, 4) is 0 Å². The summed E-state index contributed by atoms with van der Waals surface area (Å²) in [4.78, 5) is 19.2. The fourth-order valence-electron chi connectivity index (χ4n) is 1.81. The fraction of sp³-hybridized carbons (Fsp3) is 0. The molecule has 0 saturated heterocycles. The molecule has 0 aliphatic carbocycles. The Morgan fingerprint density at radius 1 is 1.16 bits per heavy atom. The molecule has 19 heavy (non-hydrogen) atoms. The van der Waals surface area contributed by atoms with Gasteiger partial charge in [0, 0.05) is 16.3 Å². The number of carbonyl (C=O) groups excluding carboxylic acids is 1. The number of halogens is 1. The summed E-state index contributed by atoms with van der Waals surface area (Å²) in [5.74, 6) is -0.168. The fourth-order valence-corrected chi connectivity index (χ4v) is 1.94. The SMILES string of the molecule is O=C(Nc1ccc(Cl)cc1)c1ccc2nc[nH]c2c1. The van der Waals surface area contributed by atoms with E-state index in [4.69, 9.17) is 11.6 Å². The Morgan fingerprint density at radius 3 is 2.74 bits per heavy atom. The second-order valence-corrected chi connectivity index (χ2v) is 4.53. The van der Waals surface area contributed by atoms with Crippen molar-refractivity contribution in [1.29, 1.82) is 0 Å². The van der Waals surface area contributed by atoms with Crippen LogP contribution in [0.25, 0.3) is 11.0 Å². The van der Waals surface area contributed by atoms with E-state index in [1.165, 1.54) is 0 Å². The molecular formula is C14H10ClN3O. The molecule has 3 aromatic rings. The van der Waals surface area contributed by atoms with Crippen molar-refractivity contribution in [2.75, 3.05) is 5.32 Å². The first kappa shape index (κ1) is 11.7. The topological polar surface area (TPSA) is 57.8 Å². The number of hydrogen-bond acceptors (Lipinski definition) is 2. The zero-order valence-corrected chi connectivity index (χ0v) is 10.6. The quantitative estimate of drug-likeness (QED) is 0.750. The summed E-state index contributed by atoms with van der Waals surface area (Å²) in [7, 11) is 0. The van der Waals surface area contributed by atoms with Crippen molar-refractivity contribution in [3.63, 3.8) is 0 Å². The molecule has 1 heterocycles. The van der Waals surface area contributed by atoms with Gasteiger partial charge >= 0.3 is 0 Å². The van der Waals surface area contributed by atoms with Crippen molar-refractivity contribution in [1.82, 2.24) is 9.97 Å². The summed E-state index contributed by atoms with van der Waals surface area (Å²) < 4.78 is 0. The van der Waals surface area contributed by atoms with E-state index < -0.39 is 0 Å². The highest BCUT2D eigenvalue weighted by molar-refractivity contribution is 6.30. The maximum Gasteiger partial charge on any atom is 0.255 e. The van der Waals surface area contributed by atoms with Gasteiger partial charge in [-0.05, 0) is 42.5 Å². The first-order valence-electron chi connectivity index (χ1n) is 5.72. The van der Waals surface area contributed by atoms with E-state index in [9.17, 15) is 4.79 Å². The van der Waals surface area contributed by atoms with Gasteiger partial charge in [0.2, 0.25) is 0 Å². The molecule has 0 aliphatic heterocycles. The standard InChI is InChI=1S/C14H10ClN3O/c15-10-2-4-11(5-3-10)18-14(19)9-1-6-12-13(7-9)17-8-16-12/h1-8H,(H,16,17)(H,18,19). The molecular weight excluding hydrogens is 262 g/mol. The zero-order chi connectivity index (χ0) is 13.2. The molecule has 1 aromatic heterocycles. The number of H-pyrrole nitrogens is 1. The number of fused-ring (bicyclic) bond motifs is 1. The van der Waals surface area contributed by atoms with Crippen LogP contribution in [0.4, 0.5) is 5.69 Å². The second kappa shape index (κ2) is 4.74. The van der Waals surface area contributed by atoms with Crippen molar-refractivity contribution in [3.05, 3.63) is 59.4 Å². The van der Waals surface area contributed by atoms with Crippen LogP contribution in [-0.2, 0) is 0 Å². The van der Waals surface area contributed by atoms with Crippen molar-refractivity contribution >= 4 is 34.2 Å². The average Bonchev–Trinajstić information content (AvgIpc) is 2.88. The molecule has 2 aromatic carbocycles. The molecule has 5 heteroatoms. The minimum absolute atomic E-state index is 0.168. The number of amides is 1. The Balaban J connectivity index is 1.84. The normalized spacial score (nSPS) is 10.6. The van der Waals surface area contributed by atoms with Crippen LogP contribution < -0.4 is 5.32 Å². The highest BCUT2D eigenvalue weighted by Gasteiger charge is 2.07. The Bertz CT molecular complexity index is 734. The zero-order valence-electron chi connectivity index (χ0n) is 9.85. The minimum atomic E-state index is -0.168. The summed E-state index contributed by atoms with van der Waals surface area (Å²) in [6, 6.07) is 12.3. The first-order chi connectivity index (χ1) is 9.22. The number of imidazole rings is 1. The third-order valence-electron chi connectivity index (χ3n) is 2.78. The van der Waals surface area contributed by atoms with Gasteiger partial charge in [0.1, 0.15) is 0 Å². The molecule has 2 N–H and O–H groups in total. The van der Waals surface area contributed by atoms with E-state index >= 15 is 0 Å². The van der Waals surface area contributed by atoms with Crippen LogP contribution in [0.3, 0.4) is 0 Å².